The van der Waals surface area contributed by atoms with Gasteiger partial charge in [-0.1, -0.05) is 13.8 Å². The number of hydrogen-bond acceptors (Lipinski definition) is 5. The first-order valence-corrected chi connectivity index (χ1v) is 8.51. The van der Waals surface area contributed by atoms with Crippen molar-refractivity contribution in [2.45, 2.75) is 45.3 Å². The van der Waals surface area contributed by atoms with Crippen molar-refractivity contribution in [1.29, 1.82) is 0 Å². The quantitative estimate of drug-likeness (QED) is 0.903. The lowest BCUT2D eigenvalue weighted by Gasteiger charge is -2.34. The van der Waals surface area contributed by atoms with Crippen molar-refractivity contribution >= 4 is 21.7 Å². The number of morpholine rings is 1. The zero-order valence-corrected chi connectivity index (χ0v) is 14.3. The molecule has 2 atom stereocenters. The van der Waals surface area contributed by atoms with Crippen LogP contribution in [-0.2, 0) is 11.2 Å². The Hall–Kier alpha value is -0.720. The number of nitrogens with zero attached hydrogens (tertiary/aromatic N) is 3. The van der Waals surface area contributed by atoms with Crippen LogP contribution < -0.4 is 5.73 Å². The van der Waals surface area contributed by atoms with E-state index in [2.05, 4.69) is 39.7 Å². The summed E-state index contributed by atoms with van der Waals surface area (Å²) in [5.74, 6) is 1.78. The fourth-order valence-corrected chi connectivity index (χ4v) is 3.51. The Kier molecular flexibility index (Phi) is 4.47. The lowest BCUT2D eigenvalue weighted by Crippen LogP contribution is -2.43. The van der Waals surface area contributed by atoms with Gasteiger partial charge in [0, 0.05) is 12.6 Å². The molecule has 2 unspecified atom stereocenters. The molecule has 6 heteroatoms. The molecule has 2 fully saturated rings. The molecular weight excluding hydrogens is 332 g/mol. The van der Waals surface area contributed by atoms with E-state index in [1.807, 2.05) is 0 Å². The second-order valence-electron chi connectivity index (χ2n) is 6.44. The molecular formula is C15H23BrN4O. The molecule has 1 aromatic rings. The van der Waals surface area contributed by atoms with Gasteiger partial charge in [-0.25, -0.2) is 9.97 Å². The molecule has 0 radical (unpaired) electrons. The van der Waals surface area contributed by atoms with Gasteiger partial charge in [0.25, 0.3) is 0 Å². The van der Waals surface area contributed by atoms with E-state index in [-0.39, 0.29) is 6.10 Å². The van der Waals surface area contributed by atoms with Gasteiger partial charge in [0.2, 0.25) is 0 Å². The van der Waals surface area contributed by atoms with E-state index in [0.29, 0.717) is 17.8 Å². The Morgan fingerprint density at radius 3 is 3.00 bits per heavy atom. The molecule has 0 aliphatic carbocycles. The highest BCUT2D eigenvalue weighted by Crippen LogP contribution is 2.31. The molecule has 0 amide bonds. The number of ether oxygens (including phenoxy) is 1. The number of halogens is 1. The van der Waals surface area contributed by atoms with E-state index in [9.17, 15) is 0 Å². The van der Waals surface area contributed by atoms with Crippen molar-refractivity contribution in [3.63, 3.8) is 0 Å². The summed E-state index contributed by atoms with van der Waals surface area (Å²) in [6.07, 6.45) is 3.34. The second-order valence-corrected chi connectivity index (χ2v) is 7.23. The number of fused-ring (bicyclic) bond motifs is 1. The van der Waals surface area contributed by atoms with Crippen LogP contribution in [0.4, 0.5) is 5.82 Å². The second kappa shape index (κ2) is 6.18. The van der Waals surface area contributed by atoms with Crippen LogP contribution in [-0.4, -0.2) is 40.6 Å². The first kappa shape index (κ1) is 15.2. The van der Waals surface area contributed by atoms with Crippen molar-refractivity contribution in [2.75, 3.05) is 25.4 Å². The first-order chi connectivity index (χ1) is 10.0. The molecule has 0 aromatic carbocycles. The number of nitrogens with two attached hydrogens (primary N) is 1. The summed E-state index contributed by atoms with van der Waals surface area (Å²) in [5.41, 5.74) is 7.03. The molecule has 3 rings (SSSR count). The predicted molar refractivity (Wildman–Crippen MR) is 86.0 cm³/mol. The summed E-state index contributed by atoms with van der Waals surface area (Å²) >= 11 is 3.51. The molecule has 2 aliphatic heterocycles. The third kappa shape index (κ3) is 3.22. The molecule has 21 heavy (non-hydrogen) atoms. The van der Waals surface area contributed by atoms with Gasteiger partial charge >= 0.3 is 0 Å². The number of nitrogen functional groups attached to an aromatic ring is 1. The number of rotatable bonds is 3. The maximum Gasteiger partial charge on any atom is 0.161 e. The fourth-order valence-electron chi connectivity index (χ4n) is 3.17. The smallest absolute Gasteiger partial charge is 0.161 e. The minimum Gasteiger partial charge on any atom is -0.383 e. The van der Waals surface area contributed by atoms with Gasteiger partial charge in [0.05, 0.1) is 16.8 Å². The van der Waals surface area contributed by atoms with E-state index in [1.165, 1.54) is 12.8 Å². The Balaban J connectivity index is 1.83. The van der Waals surface area contributed by atoms with Crippen molar-refractivity contribution in [1.82, 2.24) is 14.9 Å². The molecule has 0 saturated carbocycles. The van der Waals surface area contributed by atoms with E-state index in [4.69, 9.17) is 15.5 Å². The highest BCUT2D eigenvalue weighted by atomic mass is 79.9. The standard InChI is InChI=1S/C15H23BrN4O/c1-9(2)6-11-13(16)14(17)19-15(18-11)12-7-20-5-3-4-10(20)8-21-12/h9-10,12H,3-8H2,1-2H3,(H2,17,18,19). The zero-order chi connectivity index (χ0) is 15.0. The minimum absolute atomic E-state index is 0.0549. The maximum absolute atomic E-state index is 6.04. The van der Waals surface area contributed by atoms with Gasteiger partial charge < -0.3 is 10.5 Å². The largest absolute Gasteiger partial charge is 0.383 e. The summed E-state index contributed by atoms with van der Waals surface area (Å²) in [7, 11) is 0. The molecule has 2 aliphatic rings. The number of aromatic nitrogens is 2. The van der Waals surface area contributed by atoms with Gasteiger partial charge in [-0.3, -0.25) is 4.90 Å². The summed E-state index contributed by atoms with van der Waals surface area (Å²) < 4.78 is 6.82. The average Bonchev–Trinajstić information content (AvgIpc) is 2.90. The average molecular weight is 355 g/mol. The van der Waals surface area contributed by atoms with Crippen LogP contribution >= 0.6 is 15.9 Å². The molecule has 0 spiro atoms. The summed E-state index contributed by atoms with van der Waals surface area (Å²) in [4.78, 5) is 11.7. The van der Waals surface area contributed by atoms with E-state index < -0.39 is 0 Å². The maximum atomic E-state index is 6.04. The van der Waals surface area contributed by atoms with Crippen LogP contribution in [0.2, 0.25) is 0 Å². The third-order valence-electron chi connectivity index (χ3n) is 4.24. The van der Waals surface area contributed by atoms with Crippen molar-refractivity contribution in [2.24, 2.45) is 5.92 Å². The van der Waals surface area contributed by atoms with Gasteiger partial charge in [0.15, 0.2) is 5.82 Å². The van der Waals surface area contributed by atoms with Gasteiger partial charge in [-0.2, -0.15) is 0 Å². The monoisotopic (exact) mass is 354 g/mol. The van der Waals surface area contributed by atoms with E-state index in [0.717, 1.165) is 42.1 Å². The zero-order valence-electron chi connectivity index (χ0n) is 12.7. The van der Waals surface area contributed by atoms with Crippen LogP contribution in [0.5, 0.6) is 0 Å². The lowest BCUT2D eigenvalue weighted by molar-refractivity contribution is -0.0541. The van der Waals surface area contributed by atoms with Crippen LogP contribution in [0, 0.1) is 5.92 Å². The Bertz CT molecular complexity index is 523. The molecule has 1 aromatic heterocycles. The van der Waals surface area contributed by atoms with Crippen LogP contribution in [0.25, 0.3) is 0 Å². The highest BCUT2D eigenvalue weighted by molar-refractivity contribution is 9.10. The number of hydrogen-bond donors (Lipinski definition) is 1. The molecule has 0 bridgehead atoms. The summed E-state index contributed by atoms with van der Waals surface area (Å²) in [5, 5.41) is 0. The summed E-state index contributed by atoms with van der Waals surface area (Å²) in [6, 6.07) is 0.587. The predicted octanol–water partition coefficient (Wildman–Crippen LogP) is 2.56. The Labute approximate surface area is 134 Å². The molecule has 2 saturated heterocycles. The van der Waals surface area contributed by atoms with Gasteiger partial charge in [0.1, 0.15) is 11.9 Å². The van der Waals surface area contributed by atoms with Crippen molar-refractivity contribution < 1.29 is 4.74 Å². The molecule has 116 valence electrons. The van der Waals surface area contributed by atoms with Gasteiger partial charge in [-0.15, -0.1) is 0 Å². The van der Waals surface area contributed by atoms with Crippen LogP contribution in [0.3, 0.4) is 0 Å². The molecule has 3 heterocycles. The molecule has 5 nitrogen and oxygen atoms in total. The normalized spacial score (nSPS) is 26.3. The third-order valence-corrected chi connectivity index (χ3v) is 5.11. The lowest BCUT2D eigenvalue weighted by atomic mass is 10.1. The van der Waals surface area contributed by atoms with E-state index >= 15 is 0 Å². The van der Waals surface area contributed by atoms with Crippen LogP contribution in [0.15, 0.2) is 4.47 Å². The molecule has 2 N–H and O–H groups in total. The first-order valence-electron chi connectivity index (χ1n) is 7.72. The van der Waals surface area contributed by atoms with Crippen LogP contribution in [0.1, 0.15) is 44.3 Å². The van der Waals surface area contributed by atoms with Crippen molar-refractivity contribution in [3.05, 3.63) is 16.0 Å². The van der Waals surface area contributed by atoms with Crippen molar-refractivity contribution in [3.8, 4) is 0 Å². The highest BCUT2D eigenvalue weighted by Gasteiger charge is 2.34. The fraction of sp³-hybridized carbons (Fsp3) is 0.733. The summed E-state index contributed by atoms with van der Waals surface area (Å²) in [6.45, 7) is 7.18. The Morgan fingerprint density at radius 1 is 1.43 bits per heavy atom. The van der Waals surface area contributed by atoms with Gasteiger partial charge in [-0.05, 0) is 47.7 Å². The number of anilines is 1. The SMILES string of the molecule is CC(C)Cc1nc(C2CN3CCCC3CO2)nc(N)c1Br. The Morgan fingerprint density at radius 2 is 2.24 bits per heavy atom. The minimum atomic E-state index is -0.0549. The topological polar surface area (TPSA) is 64.3 Å². The van der Waals surface area contributed by atoms with E-state index in [1.54, 1.807) is 0 Å².